The van der Waals surface area contributed by atoms with Crippen LogP contribution in [0.15, 0.2) is 23.1 Å². The summed E-state index contributed by atoms with van der Waals surface area (Å²) in [6.45, 7) is 2.77. The van der Waals surface area contributed by atoms with Crippen LogP contribution >= 0.6 is 11.6 Å². The van der Waals surface area contributed by atoms with Crippen molar-refractivity contribution in [3.63, 3.8) is 0 Å². The van der Waals surface area contributed by atoms with Crippen LogP contribution in [0.3, 0.4) is 0 Å². The molecule has 9 nitrogen and oxygen atoms in total. The molecule has 5 heterocycles. The van der Waals surface area contributed by atoms with Crippen molar-refractivity contribution < 1.29 is 0 Å². The standard InChI is InChI=1S/C21H23ClN8O/c1-3-29-9-12-14(27-29)6-5-11(17(12)22)18-16-19(26-25-18)24-21(28(2)20(16)31)30-10-4-7-15(30)13(23)8-10/h5-6,9-10,13,15H,3-4,7-8,23H2,1-2H3,(H,25,26)/t10?,13-,15-/m1/s1. The second-order valence-electron chi connectivity index (χ2n) is 8.52. The number of H-pyrrole nitrogens is 1. The van der Waals surface area contributed by atoms with Gasteiger partial charge in [0.25, 0.3) is 5.56 Å². The van der Waals surface area contributed by atoms with Gasteiger partial charge in [-0.1, -0.05) is 11.6 Å². The minimum absolute atomic E-state index is 0.123. The van der Waals surface area contributed by atoms with Gasteiger partial charge in [-0.2, -0.15) is 15.2 Å². The summed E-state index contributed by atoms with van der Waals surface area (Å²) in [5.74, 6) is 0.652. The van der Waals surface area contributed by atoms with Crippen LogP contribution in [0.1, 0.15) is 26.2 Å². The van der Waals surface area contributed by atoms with Gasteiger partial charge in [-0.3, -0.25) is 19.1 Å². The molecule has 3 N–H and O–H groups in total. The molecular weight excluding hydrogens is 416 g/mol. The third-order valence-corrected chi connectivity index (χ3v) is 7.25. The molecule has 160 valence electrons. The van der Waals surface area contributed by atoms with Gasteiger partial charge in [0.05, 0.1) is 10.5 Å². The first-order chi connectivity index (χ1) is 15.0. The maximum Gasteiger partial charge on any atom is 0.266 e. The summed E-state index contributed by atoms with van der Waals surface area (Å²) >= 11 is 6.73. The predicted octanol–water partition coefficient (Wildman–Crippen LogP) is 2.42. The molecule has 10 heteroatoms. The van der Waals surface area contributed by atoms with Gasteiger partial charge < -0.3 is 10.6 Å². The first-order valence-electron chi connectivity index (χ1n) is 10.6. The SMILES string of the molecule is CCn1cc2c(Cl)c(-c3n[nH]c4nc(N5C6CC[C@@H]5[C@H](N)C6)n(C)c(=O)c34)ccc2n1. The number of anilines is 1. The molecule has 0 saturated carbocycles. The number of benzene rings is 1. The van der Waals surface area contributed by atoms with Crippen LogP contribution in [0, 0.1) is 0 Å². The van der Waals surface area contributed by atoms with Crippen molar-refractivity contribution in [2.45, 2.75) is 50.9 Å². The number of hydrogen-bond acceptors (Lipinski definition) is 6. The van der Waals surface area contributed by atoms with E-state index in [-0.39, 0.29) is 17.6 Å². The molecule has 2 aliphatic rings. The highest BCUT2D eigenvalue weighted by molar-refractivity contribution is 6.38. The number of aromatic nitrogens is 6. The van der Waals surface area contributed by atoms with Gasteiger partial charge in [-0.25, -0.2) is 0 Å². The van der Waals surface area contributed by atoms with Gasteiger partial charge in [-0.05, 0) is 38.3 Å². The third-order valence-electron chi connectivity index (χ3n) is 6.84. The maximum atomic E-state index is 13.4. The summed E-state index contributed by atoms with van der Waals surface area (Å²) in [6.07, 6.45) is 4.97. The number of nitrogens with one attached hydrogen (secondary N) is 1. The Hall–Kier alpha value is -2.91. The van der Waals surface area contributed by atoms with E-state index in [9.17, 15) is 4.79 Å². The smallest absolute Gasteiger partial charge is 0.266 e. The molecule has 0 aliphatic carbocycles. The molecule has 2 bridgehead atoms. The molecule has 4 aromatic rings. The second-order valence-corrected chi connectivity index (χ2v) is 8.90. The quantitative estimate of drug-likeness (QED) is 0.508. The van der Waals surface area contributed by atoms with Crippen molar-refractivity contribution in [2.75, 3.05) is 4.90 Å². The molecule has 2 fully saturated rings. The molecule has 6 rings (SSSR count). The van der Waals surface area contributed by atoms with Gasteiger partial charge in [0.1, 0.15) is 11.1 Å². The summed E-state index contributed by atoms with van der Waals surface area (Å²) in [4.78, 5) is 20.5. The van der Waals surface area contributed by atoms with Gasteiger partial charge in [0.2, 0.25) is 5.95 Å². The van der Waals surface area contributed by atoms with Gasteiger partial charge in [-0.15, -0.1) is 0 Å². The fourth-order valence-corrected chi connectivity index (χ4v) is 5.57. The molecule has 0 spiro atoms. The minimum Gasteiger partial charge on any atom is -0.335 e. The monoisotopic (exact) mass is 438 g/mol. The zero-order valence-corrected chi connectivity index (χ0v) is 18.1. The summed E-state index contributed by atoms with van der Waals surface area (Å²) in [7, 11) is 1.76. The zero-order chi connectivity index (χ0) is 21.4. The van der Waals surface area contributed by atoms with Crippen LogP contribution in [-0.2, 0) is 13.6 Å². The fraction of sp³-hybridized carbons (Fsp3) is 0.429. The van der Waals surface area contributed by atoms with Gasteiger partial charge in [0, 0.05) is 48.9 Å². The lowest BCUT2D eigenvalue weighted by Crippen LogP contribution is -2.40. The summed E-state index contributed by atoms with van der Waals surface area (Å²) in [5.41, 5.74) is 8.62. The fourth-order valence-electron chi connectivity index (χ4n) is 5.28. The Bertz CT molecular complexity index is 1400. The number of halogens is 1. The zero-order valence-electron chi connectivity index (χ0n) is 17.3. The number of fused-ring (bicyclic) bond motifs is 4. The molecule has 0 amide bonds. The lowest BCUT2D eigenvalue weighted by atomic mass is 9.97. The second kappa shape index (κ2) is 6.54. The van der Waals surface area contributed by atoms with Crippen molar-refractivity contribution in [3.8, 4) is 11.3 Å². The van der Waals surface area contributed by atoms with Crippen molar-refractivity contribution >= 4 is 39.5 Å². The molecule has 31 heavy (non-hydrogen) atoms. The molecule has 1 unspecified atom stereocenters. The number of nitrogens with two attached hydrogens (primary N) is 1. The molecule has 2 saturated heterocycles. The van der Waals surface area contributed by atoms with Crippen LogP contribution in [0.4, 0.5) is 5.95 Å². The third kappa shape index (κ3) is 2.53. The summed E-state index contributed by atoms with van der Waals surface area (Å²) < 4.78 is 3.46. The first kappa shape index (κ1) is 18.8. The van der Waals surface area contributed by atoms with E-state index in [2.05, 4.69) is 20.2 Å². The predicted molar refractivity (Wildman–Crippen MR) is 120 cm³/mol. The molecule has 3 atom stereocenters. The highest BCUT2D eigenvalue weighted by Crippen LogP contribution is 2.40. The first-order valence-corrected chi connectivity index (χ1v) is 11.0. The Kier molecular flexibility index (Phi) is 3.97. The average Bonchev–Trinajstić information content (AvgIpc) is 3.52. The number of aryl methyl sites for hydroxylation is 1. The Balaban J connectivity index is 1.53. The topological polar surface area (TPSA) is 111 Å². The van der Waals surface area contributed by atoms with Gasteiger partial charge in [0.15, 0.2) is 5.65 Å². The van der Waals surface area contributed by atoms with E-state index in [1.165, 1.54) is 0 Å². The minimum atomic E-state index is -0.149. The van der Waals surface area contributed by atoms with Crippen LogP contribution < -0.4 is 16.2 Å². The van der Waals surface area contributed by atoms with Crippen molar-refractivity contribution in [1.29, 1.82) is 0 Å². The van der Waals surface area contributed by atoms with Crippen molar-refractivity contribution in [3.05, 3.63) is 33.7 Å². The maximum absolute atomic E-state index is 13.4. The number of aromatic amines is 1. The number of rotatable bonds is 3. The Morgan fingerprint density at radius 2 is 2.16 bits per heavy atom. The van der Waals surface area contributed by atoms with E-state index >= 15 is 0 Å². The van der Waals surface area contributed by atoms with Crippen LogP contribution in [0.25, 0.3) is 33.2 Å². The Labute approximate surface area is 182 Å². The highest BCUT2D eigenvalue weighted by Gasteiger charge is 2.46. The molecule has 0 radical (unpaired) electrons. The van der Waals surface area contributed by atoms with Crippen molar-refractivity contribution in [2.24, 2.45) is 12.8 Å². The van der Waals surface area contributed by atoms with Crippen molar-refractivity contribution in [1.82, 2.24) is 29.5 Å². The van der Waals surface area contributed by atoms with E-state index in [1.807, 2.05) is 29.9 Å². The van der Waals surface area contributed by atoms with Crippen LogP contribution in [0.5, 0.6) is 0 Å². The molecule has 1 aromatic carbocycles. The summed E-state index contributed by atoms with van der Waals surface area (Å²) in [5, 5.41) is 13.7. The number of hydrogen-bond donors (Lipinski definition) is 2. The van der Waals surface area contributed by atoms with Gasteiger partial charge >= 0.3 is 0 Å². The normalized spacial score (nSPS) is 23.0. The van der Waals surface area contributed by atoms with E-state index in [4.69, 9.17) is 22.3 Å². The van der Waals surface area contributed by atoms with E-state index in [1.54, 1.807) is 11.6 Å². The number of nitrogens with zero attached hydrogens (tertiary/aromatic N) is 6. The largest absolute Gasteiger partial charge is 0.335 e. The lowest BCUT2D eigenvalue weighted by molar-refractivity contribution is 0.503. The molecule has 2 aliphatic heterocycles. The summed E-state index contributed by atoms with van der Waals surface area (Å²) in [6, 6.07) is 4.46. The van der Waals surface area contributed by atoms with E-state index < -0.39 is 0 Å². The van der Waals surface area contributed by atoms with E-state index in [0.717, 1.165) is 36.7 Å². The highest BCUT2D eigenvalue weighted by atomic mass is 35.5. The van der Waals surface area contributed by atoms with Crippen LogP contribution in [0.2, 0.25) is 5.02 Å². The molecular formula is C21H23ClN8O. The van der Waals surface area contributed by atoms with E-state index in [0.29, 0.717) is 39.3 Å². The lowest BCUT2D eigenvalue weighted by Gasteiger charge is -2.25. The Morgan fingerprint density at radius 1 is 1.32 bits per heavy atom. The van der Waals surface area contributed by atoms with Crippen LogP contribution in [-0.4, -0.2) is 47.7 Å². The molecule has 3 aromatic heterocycles. The average molecular weight is 439 g/mol. The Morgan fingerprint density at radius 3 is 2.87 bits per heavy atom.